The highest BCUT2D eigenvalue weighted by molar-refractivity contribution is 5.85. The van der Waals surface area contributed by atoms with Crippen molar-refractivity contribution >= 4 is 11.9 Å². The van der Waals surface area contributed by atoms with Crippen LogP contribution in [-0.4, -0.2) is 24.1 Å². The molecule has 4 nitrogen and oxygen atoms in total. The summed E-state index contributed by atoms with van der Waals surface area (Å²) in [5.41, 5.74) is 0. The summed E-state index contributed by atoms with van der Waals surface area (Å²) in [6.07, 6.45) is 1.14. The Labute approximate surface area is 83.2 Å². The predicted octanol–water partition coefficient (Wildman–Crippen LogP) is 1.22. The molecule has 0 bridgehead atoms. The maximum Gasteiger partial charge on any atom is 0.347 e. The molecule has 78 valence electrons. The third-order valence-corrected chi connectivity index (χ3v) is 1.43. The minimum absolute atomic E-state index is 0.396. The van der Waals surface area contributed by atoms with Crippen molar-refractivity contribution in [1.29, 1.82) is 0 Å². The van der Waals surface area contributed by atoms with Crippen molar-refractivity contribution in [3.8, 4) is 0 Å². The summed E-state index contributed by atoms with van der Waals surface area (Å²) >= 11 is 0. The summed E-state index contributed by atoms with van der Waals surface area (Å²) in [5, 5.41) is 0. The second-order valence-corrected chi connectivity index (χ2v) is 2.66. The van der Waals surface area contributed by atoms with Gasteiger partial charge in [-0.1, -0.05) is 19.2 Å². The first-order valence-corrected chi connectivity index (χ1v) is 4.17. The molecule has 0 radical (unpaired) electrons. The largest absolute Gasteiger partial charge is 0.456 e. The Balaban J connectivity index is 4.05. The van der Waals surface area contributed by atoms with E-state index in [1.165, 1.54) is 13.0 Å². The lowest BCUT2D eigenvalue weighted by atomic mass is 10.3. The quantitative estimate of drug-likeness (QED) is 0.378. The van der Waals surface area contributed by atoms with Gasteiger partial charge in [0.25, 0.3) is 0 Å². The molecule has 4 heteroatoms. The van der Waals surface area contributed by atoms with Gasteiger partial charge in [0.2, 0.25) is 0 Å². The fourth-order valence-electron chi connectivity index (χ4n) is 0.598. The molecule has 0 aromatic rings. The summed E-state index contributed by atoms with van der Waals surface area (Å²) in [4.78, 5) is 21.9. The lowest BCUT2D eigenvalue weighted by molar-refractivity contribution is -0.165. The zero-order valence-corrected chi connectivity index (χ0v) is 8.36. The molecule has 0 amide bonds. The molecule has 0 unspecified atom stereocenters. The molecule has 14 heavy (non-hydrogen) atoms. The highest BCUT2D eigenvalue weighted by atomic mass is 16.6. The van der Waals surface area contributed by atoms with Crippen molar-refractivity contribution in [2.45, 2.75) is 26.1 Å². The number of rotatable bonds is 5. The minimum Gasteiger partial charge on any atom is -0.456 e. The Morgan fingerprint density at radius 2 is 1.79 bits per heavy atom. The molecule has 0 aromatic carbocycles. The molecule has 0 saturated carbocycles. The standard InChI is InChI=1S/C10H14O4/c1-5-7(3)13-10(12)8(4)14-9(11)6-2/h5-8H,1-2H2,3-4H3/t7-,8+/m1/s1. The number of hydrogen-bond acceptors (Lipinski definition) is 4. The smallest absolute Gasteiger partial charge is 0.347 e. The molecule has 2 atom stereocenters. The van der Waals surface area contributed by atoms with Crippen molar-refractivity contribution in [2.24, 2.45) is 0 Å². The molecular formula is C10H14O4. The van der Waals surface area contributed by atoms with Gasteiger partial charge < -0.3 is 9.47 Å². The third-order valence-electron chi connectivity index (χ3n) is 1.43. The van der Waals surface area contributed by atoms with Gasteiger partial charge in [0.15, 0.2) is 6.10 Å². The van der Waals surface area contributed by atoms with Crippen molar-refractivity contribution in [2.75, 3.05) is 0 Å². The molecule has 0 N–H and O–H groups in total. The zero-order valence-electron chi connectivity index (χ0n) is 8.36. The van der Waals surface area contributed by atoms with Gasteiger partial charge in [-0.2, -0.15) is 0 Å². The van der Waals surface area contributed by atoms with Crippen LogP contribution >= 0.6 is 0 Å². The first-order chi connectivity index (χ1) is 6.51. The summed E-state index contributed by atoms with van der Waals surface area (Å²) in [7, 11) is 0. The van der Waals surface area contributed by atoms with E-state index in [4.69, 9.17) is 4.74 Å². The fraction of sp³-hybridized carbons (Fsp3) is 0.400. The van der Waals surface area contributed by atoms with E-state index in [-0.39, 0.29) is 0 Å². The molecule has 0 aliphatic carbocycles. The number of carbonyl (C=O) groups is 2. The van der Waals surface area contributed by atoms with Crippen LogP contribution in [0.5, 0.6) is 0 Å². The van der Waals surface area contributed by atoms with Gasteiger partial charge in [0.05, 0.1) is 0 Å². The van der Waals surface area contributed by atoms with Gasteiger partial charge in [0.1, 0.15) is 6.10 Å². The number of esters is 2. The molecule has 0 spiro atoms. The van der Waals surface area contributed by atoms with Crippen LogP contribution in [0.1, 0.15) is 13.8 Å². The molecule has 0 rings (SSSR count). The van der Waals surface area contributed by atoms with Crippen molar-refractivity contribution in [3.05, 3.63) is 25.3 Å². The zero-order chi connectivity index (χ0) is 11.1. The summed E-state index contributed by atoms with van der Waals surface area (Å²) < 4.78 is 9.48. The van der Waals surface area contributed by atoms with E-state index in [1.54, 1.807) is 6.92 Å². The van der Waals surface area contributed by atoms with Crippen LogP contribution in [0, 0.1) is 0 Å². The molecule has 0 heterocycles. The Morgan fingerprint density at radius 1 is 1.21 bits per heavy atom. The van der Waals surface area contributed by atoms with E-state index in [0.717, 1.165) is 6.08 Å². The third kappa shape index (κ3) is 4.45. The van der Waals surface area contributed by atoms with Gasteiger partial charge in [-0.25, -0.2) is 9.59 Å². The fourth-order valence-corrected chi connectivity index (χ4v) is 0.598. The molecule has 0 saturated heterocycles. The number of ether oxygens (including phenoxy) is 2. The normalized spacial score (nSPS) is 13.6. The maximum absolute atomic E-state index is 11.2. The Kier molecular flexibility index (Phi) is 5.29. The minimum atomic E-state index is -0.928. The summed E-state index contributed by atoms with van der Waals surface area (Å²) in [6.45, 7) is 9.75. The molecule has 0 aliphatic rings. The molecular weight excluding hydrogens is 184 g/mol. The van der Waals surface area contributed by atoms with E-state index in [9.17, 15) is 9.59 Å². The SMILES string of the molecule is C=CC(=O)O[C@@H](C)C(=O)O[C@H](C)C=C. The van der Waals surface area contributed by atoms with Gasteiger partial charge >= 0.3 is 11.9 Å². The van der Waals surface area contributed by atoms with Crippen molar-refractivity contribution < 1.29 is 19.1 Å². The predicted molar refractivity (Wildman–Crippen MR) is 51.5 cm³/mol. The van der Waals surface area contributed by atoms with Crippen LogP contribution in [0.3, 0.4) is 0 Å². The first kappa shape index (κ1) is 12.4. The van der Waals surface area contributed by atoms with E-state index in [1.807, 2.05) is 0 Å². The number of carbonyl (C=O) groups excluding carboxylic acids is 2. The van der Waals surface area contributed by atoms with E-state index < -0.39 is 24.1 Å². The van der Waals surface area contributed by atoms with Gasteiger partial charge in [0, 0.05) is 6.08 Å². The number of hydrogen-bond donors (Lipinski definition) is 0. The van der Waals surface area contributed by atoms with Crippen LogP contribution in [0.4, 0.5) is 0 Å². The van der Waals surface area contributed by atoms with Gasteiger partial charge in [-0.15, -0.1) is 0 Å². The highest BCUT2D eigenvalue weighted by Gasteiger charge is 2.19. The second-order valence-electron chi connectivity index (χ2n) is 2.66. The Hall–Kier alpha value is -1.58. The van der Waals surface area contributed by atoms with Crippen LogP contribution in [-0.2, 0) is 19.1 Å². The summed E-state index contributed by atoms with van der Waals surface area (Å²) in [6, 6.07) is 0. The van der Waals surface area contributed by atoms with Crippen LogP contribution in [0.25, 0.3) is 0 Å². The highest BCUT2D eigenvalue weighted by Crippen LogP contribution is 2.00. The van der Waals surface area contributed by atoms with Gasteiger partial charge in [-0.05, 0) is 13.8 Å². The van der Waals surface area contributed by atoms with E-state index in [2.05, 4.69) is 17.9 Å². The Bertz CT molecular complexity index is 245. The monoisotopic (exact) mass is 198 g/mol. The topological polar surface area (TPSA) is 52.6 Å². The molecule has 0 fully saturated rings. The maximum atomic E-state index is 11.2. The van der Waals surface area contributed by atoms with Gasteiger partial charge in [-0.3, -0.25) is 0 Å². The van der Waals surface area contributed by atoms with E-state index in [0.29, 0.717) is 0 Å². The first-order valence-electron chi connectivity index (χ1n) is 4.17. The van der Waals surface area contributed by atoms with Crippen LogP contribution < -0.4 is 0 Å². The van der Waals surface area contributed by atoms with Crippen molar-refractivity contribution in [1.82, 2.24) is 0 Å². The lowest BCUT2D eigenvalue weighted by Gasteiger charge is -2.13. The van der Waals surface area contributed by atoms with Crippen molar-refractivity contribution in [3.63, 3.8) is 0 Å². The Morgan fingerprint density at radius 3 is 2.21 bits per heavy atom. The second kappa shape index (κ2) is 5.96. The molecule has 0 aromatic heterocycles. The average Bonchev–Trinajstić information content (AvgIpc) is 2.17. The average molecular weight is 198 g/mol. The molecule has 0 aliphatic heterocycles. The van der Waals surface area contributed by atoms with Crippen LogP contribution in [0.15, 0.2) is 25.3 Å². The van der Waals surface area contributed by atoms with Crippen LogP contribution in [0.2, 0.25) is 0 Å². The van der Waals surface area contributed by atoms with E-state index >= 15 is 0 Å². The summed E-state index contributed by atoms with van der Waals surface area (Å²) in [5.74, 6) is -1.26. The lowest BCUT2D eigenvalue weighted by Crippen LogP contribution is -2.27.